The molecular weight excluding hydrogens is 147 g/mol. The van der Waals surface area contributed by atoms with Crippen LogP contribution in [0.3, 0.4) is 0 Å². The number of amides is 1. The second kappa shape index (κ2) is 5.07. The molecule has 1 unspecified atom stereocenters. The number of halogens is 1. The summed E-state index contributed by atoms with van der Waals surface area (Å²) in [6.45, 7) is 3.67. The summed E-state index contributed by atoms with van der Waals surface area (Å²) in [5.74, 6) is -0.0491. The number of hydrogen-bond acceptors (Lipinski definition) is 2. The summed E-state index contributed by atoms with van der Waals surface area (Å²) in [7, 11) is 0. The zero-order valence-electron chi connectivity index (χ0n) is 6.93. The fourth-order valence-corrected chi connectivity index (χ4v) is 0.506. The highest BCUT2D eigenvalue weighted by molar-refractivity contribution is 5.81. The predicted molar refractivity (Wildman–Crippen MR) is 41.8 cm³/mol. The van der Waals surface area contributed by atoms with Crippen LogP contribution in [0.2, 0.25) is 0 Å². The number of hydrogen-bond donors (Lipinski definition) is 2. The van der Waals surface area contributed by atoms with Gasteiger partial charge in [-0.3, -0.25) is 4.79 Å². The van der Waals surface area contributed by atoms with Gasteiger partial charge in [0.25, 0.3) is 0 Å². The predicted octanol–water partition coefficient (Wildman–Crippen LogP) is 0.0554. The summed E-state index contributed by atoms with van der Waals surface area (Å²) in [6, 6.07) is -1.01. The first-order chi connectivity index (χ1) is 5.07. The Labute approximate surface area is 66.1 Å². The van der Waals surface area contributed by atoms with Crippen molar-refractivity contribution >= 4 is 5.91 Å². The molecule has 1 amide bonds. The first-order valence-electron chi connectivity index (χ1n) is 3.67. The third kappa shape index (κ3) is 4.72. The standard InChI is InChI=1S/C7H15FN2O/c1-5(2)4-10-7(11)6(9)3-8/h5-6H,3-4,9H2,1-2H3,(H,10,11). The van der Waals surface area contributed by atoms with Crippen LogP contribution < -0.4 is 11.1 Å². The van der Waals surface area contributed by atoms with Gasteiger partial charge in [0.2, 0.25) is 5.91 Å². The van der Waals surface area contributed by atoms with Crippen molar-refractivity contribution in [1.29, 1.82) is 0 Å². The van der Waals surface area contributed by atoms with Crippen molar-refractivity contribution in [3.8, 4) is 0 Å². The van der Waals surface area contributed by atoms with Gasteiger partial charge in [0.15, 0.2) is 0 Å². The van der Waals surface area contributed by atoms with E-state index >= 15 is 0 Å². The average Bonchev–Trinajstić information content (AvgIpc) is 1.98. The lowest BCUT2D eigenvalue weighted by Gasteiger charge is -2.10. The zero-order valence-corrected chi connectivity index (χ0v) is 6.93. The van der Waals surface area contributed by atoms with E-state index in [0.717, 1.165) is 0 Å². The third-order valence-electron chi connectivity index (χ3n) is 1.19. The summed E-state index contributed by atoms with van der Waals surface area (Å²) in [5, 5.41) is 2.53. The van der Waals surface area contributed by atoms with Gasteiger partial charge in [-0.1, -0.05) is 13.8 Å². The molecule has 0 aromatic rings. The number of carbonyl (C=O) groups excluding carboxylic acids is 1. The van der Waals surface area contributed by atoms with Gasteiger partial charge in [-0.25, -0.2) is 4.39 Å². The van der Waals surface area contributed by atoms with Crippen molar-refractivity contribution in [2.75, 3.05) is 13.2 Å². The van der Waals surface area contributed by atoms with E-state index in [4.69, 9.17) is 5.73 Å². The Bertz CT molecular complexity index is 128. The van der Waals surface area contributed by atoms with Gasteiger partial charge in [-0.05, 0) is 5.92 Å². The SMILES string of the molecule is CC(C)CNC(=O)C(N)CF. The summed E-state index contributed by atoms with van der Waals surface area (Å²) >= 11 is 0. The number of nitrogens with two attached hydrogens (primary N) is 1. The Morgan fingerprint density at radius 3 is 2.55 bits per heavy atom. The minimum atomic E-state index is -1.01. The molecule has 66 valence electrons. The van der Waals surface area contributed by atoms with Crippen molar-refractivity contribution in [3.63, 3.8) is 0 Å². The Kier molecular flexibility index (Phi) is 4.77. The highest BCUT2D eigenvalue weighted by Crippen LogP contribution is 1.88. The molecule has 3 N–H and O–H groups in total. The van der Waals surface area contributed by atoms with Gasteiger partial charge in [0.1, 0.15) is 12.7 Å². The highest BCUT2D eigenvalue weighted by atomic mass is 19.1. The second-order valence-corrected chi connectivity index (χ2v) is 2.90. The van der Waals surface area contributed by atoms with Crippen molar-refractivity contribution in [2.24, 2.45) is 11.7 Å². The van der Waals surface area contributed by atoms with Gasteiger partial charge in [0, 0.05) is 6.54 Å². The summed E-state index contributed by atoms with van der Waals surface area (Å²) < 4.78 is 11.8. The van der Waals surface area contributed by atoms with Crippen LogP contribution in [0.5, 0.6) is 0 Å². The minimum Gasteiger partial charge on any atom is -0.354 e. The van der Waals surface area contributed by atoms with E-state index in [1.54, 1.807) is 0 Å². The van der Waals surface area contributed by atoms with Crippen LogP contribution in [0.4, 0.5) is 4.39 Å². The maximum absolute atomic E-state index is 11.8. The van der Waals surface area contributed by atoms with Crippen LogP contribution in [-0.4, -0.2) is 25.2 Å². The lowest BCUT2D eigenvalue weighted by atomic mass is 10.2. The molecule has 0 spiro atoms. The van der Waals surface area contributed by atoms with Crippen molar-refractivity contribution < 1.29 is 9.18 Å². The molecule has 0 saturated heterocycles. The van der Waals surface area contributed by atoms with E-state index in [0.29, 0.717) is 12.5 Å². The van der Waals surface area contributed by atoms with E-state index in [1.807, 2.05) is 13.8 Å². The molecule has 0 heterocycles. The molecule has 3 nitrogen and oxygen atoms in total. The van der Waals surface area contributed by atoms with Crippen LogP contribution in [-0.2, 0) is 4.79 Å². The van der Waals surface area contributed by atoms with E-state index < -0.39 is 18.6 Å². The fraction of sp³-hybridized carbons (Fsp3) is 0.857. The average molecular weight is 162 g/mol. The molecule has 0 aliphatic carbocycles. The molecule has 1 atom stereocenters. The molecule has 4 heteroatoms. The zero-order chi connectivity index (χ0) is 8.85. The van der Waals surface area contributed by atoms with Crippen LogP contribution >= 0.6 is 0 Å². The first kappa shape index (κ1) is 10.4. The van der Waals surface area contributed by atoms with Gasteiger partial charge in [-0.15, -0.1) is 0 Å². The molecule has 0 aliphatic rings. The summed E-state index contributed by atoms with van der Waals surface area (Å²) in [6.07, 6.45) is 0. The lowest BCUT2D eigenvalue weighted by Crippen LogP contribution is -2.43. The molecule has 0 fully saturated rings. The number of nitrogens with one attached hydrogen (secondary N) is 1. The lowest BCUT2D eigenvalue weighted by molar-refractivity contribution is -0.122. The molecule has 0 aliphatic heterocycles. The van der Waals surface area contributed by atoms with E-state index in [2.05, 4.69) is 5.32 Å². The maximum Gasteiger partial charge on any atom is 0.239 e. The molecule has 0 rings (SSSR count). The van der Waals surface area contributed by atoms with E-state index in [9.17, 15) is 9.18 Å². The van der Waals surface area contributed by atoms with E-state index in [1.165, 1.54) is 0 Å². The monoisotopic (exact) mass is 162 g/mol. The third-order valence-corrected chi connectivity index (χ3v) is 1.19. The van der Waals surface area contributed by atoms with Crippen molar-refractivity contribution in [3.05, 3.63) is 0 Å². The largest absolute Gasteiger partial charge is 0.354 e. The molecule has 0 aromatic heterocycles. The Morgan fingerprint density at radius 1 is 1.64 bits per heavy atom. The Morgan fingerprint density at radius 2 is 2.18 bits per heavy atom. The molecule has 0 bridgehead atoms. The molecular formula is C7H15FN2O. The smallest absolute Gasteiger partial charge is 0.239 e. The van der Waals surface area contributed by atoms with Crippen LogP contribution in [0.25, 0.3) is 0 Å². The molecule has 11 heavy (non-hydrogen) atoms. The molecule has 0 radical (unpaired) electrons. The topological polar surface area (TPSA) is 55.1 Å². The number of rotatable bonds is 4. The number of alkyl halides is 1. The van der Waals surface area contributed by atoms with E-state index in [-0.39, 0.29) is 0 Å². The van der Waals surface area contributed by atoms with Gasteiger partial charge < -0.3 is 11.1 Å². The van der Waals surface area contributed by atoms with Crippen LogP contribution in [0, 0.1) is 5.92 Å². The summed E-state index contributed by atoms with van der Waals surface area (Å²) in [5.41, 5.74) is 5.12. The maximum atomic E-state index is 11.8. The second-order valence-electron chi connectivity index (χ2n) is 2.90. The molecule has 0 aromatic carbocycles. The minimum absolute atomic E-state index is 0.366. The van der Waals surface area contributed by atoms with Crippen molar-refractivity contribution in [2.45, 2.75) is 19.9 Å². The number of carbonyl (C=O) groups is 1. The highest BCUT2D eigenvalue weighted by Gasteiger charge is 2.11. The fourth-order valence-electron chi connectivity index (χ4n) is 0.506. The van der Waals surface area contributed by atoms with Gasteiger partial charge in [0.05, 0.1) is 0 Å². The summed E-state index contributed by atoms with van der Waals surface area (Å²) in [4.78, 5) is 10.8. The van der Waals surface area contributed by atoms with Crippen LogP contribution in [0.15, 0.2) is 0 Å². The quantitative estimate of drug-likeness (QED) is 0.614. The van der Waals surface area contributed by atoms with Crippen molar-refractivity contribution in [1.82, 2.24) is 5.32 Å². The van der Waals surface area contributed by atoms with Gasteiger partial charge in [-0.2, -0.15) is 0 Å². The molecule has 0 saturated carbocycles. The normalized spacial score (nSPS) is 13.2. The first-order valence-corrected chi connectivity index (χ1v) is 3.67. The van der Waals surface area contributed by atoms with Crippen LogP contribution in [0.1, 0.15) is 13.8 Å². The Balaban J connectivity index is 3.52. The van der Waals surface area contributed by atoms with Gasteiger partial charge >= 0.3 is 0 Å². The Hall–Kier alpha value is -0.640.